The van der Waals surface area contributed by atoms with Crippen LogP contribution in [0.25, 0.3) is 10.9 Å². The number of likely N-dealkylation sites (tertiary alicyclic amines) is 1. The van der Waals surface area contributed by atoms with Gasteiger partial charge in [-0.1, -0.05) is 18.2 Å². The molecule has 0 saturated carbocycles. The van der Waals surface area contributed by atoms with Crippen LogP contribution in [0.1, 0.15) is 23.2 Å². The molecule has 3 aromatic rings. The molecule has 1 atom stereocenters. The monoisotopic (exact) mass is 418 g/mol. The number of nitrogens with one attached hydrogen (secondary N) is 1. The Morgan fingerprint density at radius 2 is 2.13 bits per heavy atom. The lowest BCUT2D eigenvalue weighted by molar-refractivity contribution is 0.0710. The van der Waals surface area contributed by atoms with Crippen LogP contribution in [-0.2, 0) is 0 Å². The lowest BCUT2D eigenvalue weighted by Gasteiger charge is -2.31. The summed E-state index contributed by atoms with van der Waals surface area (Å²) in [5.41, 5.74) is 6.41. The van der Waals surface area contributed by atoms with E-state index in [0.717, 1.165) is 12.8 Å². The first-order valence-corrected chi connectivity index (χ1v) is 9.95. The molecule has 1 saturated heterocycles. The summed E-state index contributed by atoms with van der Waals surface area (Å²) in [6.07, 6.45) is 7.45. The maximum atomic E-state index is 12.7. The van der Waals surface area contributed by atoms with Crippen molar-refractivity contribution in [3.05, 3.63) is 76.7 Å². The first-order valence-electron chi connectivity index (χ1n) is 9.95. The third-order valence-electron chi connectivity index (χ3n) is 4.98. The number of H-pyrrole nitrogens is 1. The Bertz CT molecular complexity index is 1190. The van der Waals surface area contributed by atoms with Gasteiger partial charge in [-0.05, 0) is 31.0 Å². The van der Waals surface area contributed by atoms with Crippen molar-refractivity contribution in [3.63, 3.8) is 0 Å². The molecule has 31 heavy (non-hydrogen) atoms. The number of hydrogen-bond donors (Lipinski definition) is 2. The zero-order chi connectivity index (χ0) is 21.6. The van der Waals surface area contributed by atoms with E-state index in [-0.39, 0.29) is 29.3 Å². The summed E-state index contributed by atoms with van der Waals surface area (Å²) < 4.78 is 5.60. The van der Waals surface area contributed by atoms with E-state index in [4.69, 9.17) is 10.5 Å². The van der Waals surface area contributed by atoms with Gasteiger partial charge in [-0.3, -0.25) is 24.5 Å². The fourth-order valence-corrected chi connectivity index (χ4v) is 3.44. The quantitative estimate of drug-likeness (QED) is 0.481. The lowest BCUT2D eigenvalue weighted by atomic mass is 10.0. The smallest absolute Gasteiger partial charge is 0.302 e. The highest BCUT2D eigenvalue weighted by atomic mass is 16.5. The summed E-state index contributed by atoms with van der Waals surface area (Å²) >= 11 is 0. The number of benzene rings is 1. The zero-order valence-electron chi connectivity index (χ0n) is 16.8. The molecule has 2 aromatic heterocycles. The number of rotatable bonds is 5. The highest BCUT2D eigenvalue weighted by molar-refractivity contribution is 5.94. The molecule has 0 radical (unpaired) electrons. The van der Waals surface area contributed by atoms with Gasteiger partial charge in [-0.15, -0.1) is 0 Å². The van der Waals surface area contributed by atoms with Gasteiger partial charge in [0.1, 0.15) is 0 Å². The number of carbonyl (C=O) groups is 1. The van der Waals surface area contributed by atoms with Crippen LogP contribution >= 0.6 is 0 Å². The summed E-state index contributed by atoms with van der Waals surface area (Å²) in [5.74, 6) is 0.232. The number of piperidine rings is 1. The van der Waals surface area contributed by atoms with Crippen molar-refractivity contribution in [1.29, 1.82) is 0 Å². The van der Waals surface area contributed by atoms with E-state index in [9.17, 15) is 9.59 Å². The van der Waals surface area contributed by atoms with Gasteiger partial charge in [0.05, 0.1) is 29.4 Å². The maximum absolute atomic E-state index is 12.7. The highest BCUT2D eigenvalue weighted by Crippen LogP contribution is 2.16. The van der Waals surface area contributed by atoms with Gasteiger partial charge in [-0.2, -0.15) is 4.98 Å². The van der Waals surface area contributed by atoms with Gasteiger partial charge in [0, 0.05) is 31.0 Å². The fourth-order valence-electron chi connectivity index (χ4n) is 3.44. The molecule has 1 aliphatic heterocycles. The van der Waals surface area contributed by atoms with Crippen LogP contribution in [0.5, 0.6) is 6.01 Å². The van der Waals surface area contributed by atoms with Gasteiger partial charge in [0.15, 0.2) is 5.76 Å². The van der Waals surface area contributed by atoms with Gasteiger partial charge in [0.25, 0.3) is 11.5 Å². The Hall–Kier alpha value is -4.01. The minimum Gasteiger partial charge on any atom is -0.422 e. The molecule has 0 spiro atoms. The minimum atomic E-state index is -0.335. The van der Waals surface area contributed by atoms with Crippen molar-refractivity contribution in [2.45, 2.75) is 18.9 Å². The Kier molecular flexibility index (Phi) is 6.02. The summed E-state index contributed by atoms with van der Waals surface area (Å²) in [6.45, 7) is 1.21. The number of nitrogens with zero attached hydrogens (tertiary/aromatic N) is 4. The molecular weight excluding hydrogens is 396 g/mol. The number of ether oxygens (including phenoxy) is 1. The molecule has 9 heteroatoms. The van der Waals surface area contributed by atoms with Crippen LogP contribution in [0.2, 0.25) is 0 Å². The first kappa shape index (κ1) is 20.3. The third kappa shape index (κ3) is 4.77. The number of carbonyl (C=O) groups excluding carboxylic acids is 1. The molecule has 0 bridgehead atoms. The van der Waals surface area contributed by atoms with Crippen LogP contribution in [0.4, 0.5) is 0 Å². The van der Waals surface area contributed by atoms with Crippen LogP contribution in [0.15, 0.2) is 70.5 Å². The van der Waals surface area contributed by atoms with Crippen molar-refractivity contribution < 1.29 is 9.53 Å². The Labute approximate surface area is 178 Å². The minimum absolute atomic E-state index is 0.00169. The molecule has 3 heterocycles. The molecule has 1 fully saturated rings. The van der Waals surface area contributed by atoms with Gasteiger partial charge >= 0.3 is 6.01 Å². The molecule has 0 unspecified atom stereocenters. The average Bonchev–Trinajstić information content (AvgIpc) is 2.82. The average molecular weight is 418 g/mol. The molecule has 1 amide bonds. The summed E-state index contributed by atoms with van der Waals surface area (Å²) in [6, 6.07) is 10.7. The number of aromatic amines is 1. The maximum Gasteiger partial charge on any atom is 0.302 e. The number of amides is 1. The standard InChI is InChI=1S/C22H22N6O3/c23-11-17(31-22-26-19-13-24-9-8-18(19)20(29)27-22)12-25-16-7-4-10-28(14-16)21(30)15-5-2-1-3-6-15/h1-3,5-6,8-9,11-13,16H,4,7,10,14,23H2,(H,26,27,29)/t16-/m1/s1. The SMILES string of the molecule is NC=C(C=N[C@@H]1CCCN(C(=O)c2ccccc2)C1)Oc1nc2cnccc2c(=O)[nH]1. The Balaban J connectivity index is 1.43. The molecule has 1 aliphatic rings. The first-order chi connectivity index (χ1) is 15.1. The summed E-state index contributed by atoms with van der Waals surface area (Å²) in [7, 11) is 0. The van der Waals surface area contributed by atoms with Crippen molar-refractivity contribution in [3.8, 4) is 6.01 Å². The molecule has 158 valence electrons. The summed E-state index contributed by atoms with van der Waals surface area (Å²) in [4.78, 5) is 42.0. The predicted molar refractivity (Wildman–Crippen MR) is 117 cm³/mol. The number of aliphatic imine (C=N–C) groups is 1. The van der Waals surface area contributed by atoms with Gasteiger partial charge in [-0.25, -0.2) is 0 Å². The van der Waals surface area contributed by atoms with Crippen molar-refractivity contribution in [2.24, 2.45) is 10.7 Å². The number of aromatic nitrogens is 3. The predicted octanol–water partition coefficient (Wildman–Crippen LogP) is 1.87. The lowest BCUT2D eigenvalue weighted by Crippen LogP contribution is -2.41. The number of nitrogens with two attached hydrogens (primary N) is 1. The Morgan fingerprint density at radius 3 is 2.94 bits per heavy atom. The van der Waals surface area contributed by atoms with E-state index in [0.29, 0.717) is 29.6 Å². The highest BCUT2D eigenvalue weighted by Gasteiger charge is 2.23. The normalized spacial score (nSPS) is 17.2. The Morgan fingerprint density at radius 1 is 1.29 bits per heavy atom. The molecule has 0 aliphatic carbocycles. The van der Waals surface area contributed by atoms with Crippen molar-refractivity contribution >= 4 is 23.0 Å². The molecule has 9 nitrogen and oxygen atoms in total. The summed E-state index contributed by atoms with van der Waals surface area (Å²) in [5, 5.41) is 0.416. The van der Waals surface area contributed by atoms with E-state index in [1.807, 2.05) is 35.2 Å². The molecule has 3 N–H and O–H groups in total. The topological polar surface area (TPSA) is 127 Å². The van der Waals surface area contributed by atoms with Crippen LogP contribution < -0.4 is 16.0 Å². The van der Waals surface area contributed by atoms with E-state index in [1.165, 1.54) is 24.8 Å². The van der Waals surface area contributed by atoms with Crippen LogP contribution in [0.3, 0.4) is 0 Å². The fraction of sp³-hybridized carbons (Fsp3) is 0.227. The number of fused-ring (bicyclic) bond motifs is 1. The molecule has 4 rings (SSSR count). The van der Waals surface area contributed by atoms with Crippen molar-refractivity contribution in [1.82, 2.24) is 19.9 Å². The van der Waals surface area contributed by atoms with Crippen LogP contribution in [0, 0.1) is 0 Å². The molecule has 1 aromatic carbocycles. The second kappa shape index (κ2) is 9.21. The van der Waals surface area contributed by atoms with E-state index in [2.05, 4.69) is 19.9 Å². The van der Waals surface area contributed by atoms with Crippen molar-refractivity contribution in [2.75, 3.05) is 13.1 Å². The van der Waals surface area contributed by atoms with Gasteiger partial charge < -0.3 is 15.4 Å². The number of pyridine rings is 1. The van der Waals surface area contributed by atoms with Gasteiger partial charge in [0.2, 0.25) is 0 Å². The van der Waals surface area contributed by atoms with Crippen LogP contribution in [-0.4, -0.2) is 51.1 Å². The second-order valence-corrected chi connectivity index (χ2v) is 7.13. The third-order valence-corrected chi connectivity index (χ3v) is 4.98. The number of allylic oxidation sites excluding steroid dienone is 1. The van der Waals surface area contributed by atoms with E-state index < -0.39 is 0 Å². The van der Waals surface area contributed by atoms with E-state index in [1.54, 1.807) is 6.07 Å². The van der Waals surface area contributed by atoms with E-state index >= 15 is 0 Å². The largest absolute Gasteiger partial charge is 0.422 e. The second-order valence-electron chi connectivity index (χ2n) is 7.13. The zero-order valence-corrected chi connectivity index (χ0v) is 16.8. The molecular formula is C22H22N6O3. The number of hydrogen-bond acceptors (Lipinski definition) is 7.